The molecule has 0 rings (SSSR count). The normalized spacial score (nSPS) is 12.7. The first kappa shape index (κ1) is 51.6. The van der Waals surface area contributed by atoms with Crippen molar-refractivity contribution < 1.29 is 24.2 Å². The molecule has 0 fully saturated rings. The summed E-state index contributed by atoms with van der Waals surface area (Å²) in [6.45, 7) is 4.09. The summed E-state index contributed by atoms with van der Waals surface area (Å²) in [4.78, 5) is 24.4. The lowest BCUT2D eigenvalue weighted by molar-refractivity contribution is -0.161. The Kier molecular flexibility index (Phi) is 43.0. The van der Waals surface area contributed by atoms with Crippen LogP contribution in [0.1, 0.15) is 219 Å². The summed E-state index contributed by atoms with van der Waals surface area (Å²) in [5.74, 6) is -0.626. The van der Waals surface area contributed by atoms with Crippen LogP contribution in [0, 0.1) is 0 Å². The van der Waals surface area contributed by atoms with Gasteiger partial charge in [0.1, 0.15) is 6.61 Å². The zero-order valence-electron chi connectivity index (χ0n) is 35.5. The number of unbranched alkanes of at least 4 members (excludes halogenated alkanes) is 23. The predicted octanol–water partition coefficient (Wildman–Crippen LogP) is 14.7. The topological polar surface area (TPSA) is 72.8 Å². The number of ether oxygens (including phenoxy) is 2. The summed E-state index contributed by atoms with van der Waals surface area (Å²) < 4.78 is 10.6. The second-order valence-corrected chi connectivity index (χ2v) is 15.1. The summed E-state index contributed by atoms with van der Waals surface area (Å²) >= 11 is 0. The Bertz CT molecular complexity index is 946. The van der Waals surface area contributed by atoms with Gasteiger partial charge < -0.3 is 14.6 Å². The van der Waals surface area contributed by atoms with Gasteiger partial charge in [-0.05, 0) is 83.5 Å². The second-order valence-electron chi connectivity index (χ2n) is 15.1. The maximum atomic E-state index is 12.2. The van der Waals surface area contributed by atoms with E-state index in [0.29, 0.717) is 12.8 Å². The molecule has 0 radical (unpaired) electrons. The summed E-state index contributed by atoms with van der Waals surface area (Å²) in [7, 11) is 0. The number of esters is 2. The van der Waals surface area contributed by atoms with Gasteiger partial charge in [0.2, 0.25) is 0 Å². The van der Waals surface area contributed by atoms with E-state index in [1.165, 1.54) is 128 Å². The third-order valence-electron chi connectivity index (χ3n) is 9.78. The molecule has 1 atom stereocenters. The molecule has 0 aromatic heterocycles. The molecule has 0 aliphatic rings. The molecule has 0 aliphatic carbocycles. The Morgan fingerprint density at radius 1 is 0.426 bits per heavy atom. The minimum Gasteiger partial charge on any atom is -0.462 e. The first-order valence-corrected chi connectivity index (χ1v) is 22.8. The quantitative estimate of drug-likeness (QED) is 0.0382. The van der Waals surface area contributed by atoms with E-state index in [1.54, 1.807) is 0 Å². The third kappa shape index (κ3) is 42.3. The third-order valence-corrected chi connectivity index (χ3v) is 9.78. The van der Waals surface area contributed by atoms with Gasteiger partial charge in [0.25, 0.3) is 0 Å². The highest BCUT2D eigenvalue weighted by atomic mass is 16.6. The molecule has 1 N–H and O–H groups in total. The van der Waals surface area contributed by atoms with Crippen molar-refractivity contribution in [1.82, 2.24) is 0 Å². The van der Waals surface area contributed by atoms with Crippen molar-refractivity contribution in [3.63, 3.8) is 0 Å². The molecule has 0 amide bonds. The van der Waals surface area contributed by atoms with Crippen LogP contribution in [0.2, 0.25) is 0 Å². The first-order chi connectivity index (χ1) is 26.6. The van der Waals surface area contributed by atoms with E-state index in [9.17, 15) is 14.7 Å². The van der Waals surface area contributed by atoms with Gasteiger partial charge in [-0.1, -0.05) is 184 Å². The van der Waals surface area contributed by atoms with Gasteiger partial charge in [0.15, 0.2) is 6.10 Å². The molecule has 1 unspecified atom stereocenters. The number of aliphatic hydroxyl groups excluding tert-OH is 1. The van der Waals surface area contributed by atoms with Crippen molar-refractivity contribution in [2.45, 2.75) is 225 Å². The van der Waals surface area contributed by atoms with Crippen LogP contribution in [0.15, 0.2) is 60.8 Å². The Morgan fingerprint density at radius 2 is 0.741 bits per heavy atom. The number of aliphatic hydroxyl groups is 1. The number of carbonyl (C=O) groups excluding carboxylic acids is 2. The standard InChI is InChI=1S/C49H86O5/c1-3-5-7-9-11-13-15-17-19-21-23-24-26-28-30-32-34-36-38-40-42-44-49(52)54-47(45-50)46-53-48(51)43-41-39-37-35-33-31-29-27-25-22-20-18-16-14-12-10-8-6-4-2/h12,14,17-20,25,27,31,33,47,50H,3-11,13,15-16,21-24,26,28-30,32,34-46H2,1-2H3. The van der Waals surface area contributed by atoms with Crippen LogP contribution in [-0.2, 0) is 19.1 Å². The van der Waals surface area contributed by atoms with E-state index in [4.69, 9.17) is 9.47 Å². The van der Waals surface area contributed by atoms with Crippen LogP contribution in [0.5, 0.6) is 0 Å². The van der Waals surface area contributed by atoms with Crippen LogP contribution in [-0.4, -0.2) is 36.4 Å². The Morgan fingerprint density at radius 3 is 1.19 bits per heavy atom. The van der Waals surface area contributed by atoms with E-state index in [0.717, 1.165) is 64.2 Å². The number of allylic oxidation sites excluding steroid dienone is 10. The molecule has 5 nitrogen and oxygen atoms in total. The van der Waals surface area contributed by atoms with Crippen molar-refractivity contribution >= 4 is 11.9 Å². The fourth-order valence-electron chi connectivity index (χ4n) is 6.30. The monoisotopic (exact) mass is 755 g/mol. The minimum absolute atomic E-state index is 0.0837. The molecular formula is C49H86O5. The molecule has 0 heterocycles. The van der Waals surface area contributed by atoms with Gasteiger partial charge in [0.05, 0.1) is 6.61 Å². The van der Waals surface area contributed by atoms with E-state index in [2.05, 4.69) is 74.6 Å². The number of rotatable bonds is 41. The fraction of sp³-hybridized carbons (Fsp3) is 0.755. The largest absolute Gasteiger partial charge is 0.462 e. The van der Waals surface area contributed by atoms with Crippen molar-refractivity contribution in [3.05, 3.63) is 60.8 Å². The van der Waals surface area contributed by atoms with Gasteiger partial charge in [0, 0.05) is 12.8 Å². The van der Waals surface area contributed by atoms with Crippen LogP contribution in [0.25, 0.3) is 0 Å². The number of hydrogen-bond acceptors (Lipinski definition) is 5. The van der Waals surface area contributed by atoms with Crippen LogP contribution in [0.4, 0.5) is 0 Å². The summed E-state index contributed by atoms with van der Waals surface area (Å²) in [6.07, 6.45) is 58.6. The van der Waals surface area contributed by atoms with Crippen LogP contribution < -0.4 is 0 Å². The first-order valence-electron chi connectivity index (χ1n) is 22.8. The van der Waals surface area contributed by atoms with Gasteiger partial charge in [-0.2, -0.15) is 0 Å². The average Bonchev–Trinajstić information content (AvgIpc) is 3.17. The summed E-state index contributed by atoms with van der Waals surface area (Å²) in [5.41, 5.74) is 0. The van der Waals surface area contributed by atoms with Gasteiger partial charge in [-0.25, -0.2) is 0 Å². The molecule has 312 valence electrons. The Labute approximate surface area is 334 Å². The minimum atomic E-state index is -0.787. The summed E-state index contributed by atoms with van der Waals surface area (Å²) in [5, 5.41) is 9.59. The highest BCUT2D eigenvalue weighted by Crippen LogP contribution is 2.14. The van der Waals surface area contributed by atoms with Gasteiger partial charge in [-0.3, -0.25) is 9.59 Å². The van der Waals surface area contributed by atoms with Gasteiger partial charge >= 0.3 is 11.9 Å². The molecular weight excluding hydrogens is 669 g/mol. The van der Waals surface area contributed by atoms with E-state index in [1.807, 2.05) is 0 Å². The predicted molar refractivity (Wildman–Crippen MR) is 233 cm³/mol. The lowest BCUT2D eigenvalue weighted by atomic mass is 10.0. The molecule has 0 spiro atoms. The Hall–Kier alpha value is -2.40. The zero-order valence-corrected chi connectivity index (χ0v) is 35.5. The molecule has 0 saturated heterocycles. The highest BCUT2D eigenvalue weighted by molar-refractivity contribution is 5.70. The van der Waals surface area contributed by atoms with Crippen LogP contribution >= 0.6 is 0 Å². The van der Waals surface area contributed by atoms with Gasteiger partial charge in [-0.15, -0.1) is 0 Å². The number of carbonyl (C=O) groups is 2. The molecule has 0 bridgehead atoms. The lowest BCUT2D eigenvalue weighted by Crippen LogP contribution is -2.28. The van der Waals surface area contributed by atoms with Crippen molar-refractivity contribution in [1.29, 1.82) is 0 Å². The fourth-order valence-corrected chi connectivity index (χ4v) is 6.30. The smallest absolute Gasteiger partial charge is 0.306 e. The number of hydrogen-bond donors (Lipinski definition) is 1. The average molecular weight is 755 g/mol. The molecule has 0 aromatic rings. The molecule has 54 heavy (non-hydrogen) atoms. The van der Waals surface area contributed by atoms with E-state index in [-0.39, 0.29) is 25.2 Å². The SMILES string of the molecule is CCCCCC=CCC=CCC=CCC=CCCCCCC(=O)OCC(CO)OC(=O)CCCCCCCCCCCCCC=CCCCCCCCC. The Balaban J connectivity index is 3.58. The van der Waals surface area contributed by atoms with Crippen molar-refractivity contribution in [3.8, 4) is 0 Å². The lowest BCUT2D eigenvalue weighted by Gasteiger charge is -2.15. The zero-order chi connectivity index (χ0) is 39.3. The highest BCUT2D eigenvalue weighted by Gasteiger charge is 2.16. The molecule has 5 heteroatoms. The molecule has 0 saturated carbocycles. The molecule has 0 aliphatic heterocycles. The van der Waals surface area contributed by atoms with Crippen molar-refractivity contribution in [2.24, 2.45) is 0 Å². The summed E-state index contributed by atoms with van der Waals surface area (Å²) in [6, 6.07) is 0. The second kappa shape index (κ2) is 45.0. The van der Waals surface area contributed by atoms with Crippen molar-refractivity contribution in [2.75, 3.05) is 13.2 Å². The molecule has 0 aromatic carbocycles. The van der Waals surface area contributed by atoms with E-state index >= 15 is 0 Å². The van der Waals surface area contributed by atoms with Crippen LogP contribution in [0.3, 0.4) is 0 Å². The maximum absolute atomic E-state index is 12.2. The maximum Gasteiger partial charge on any atom is 0.306 e. The van der Waals surface area contributed by atoms with E-state index < -0.39 is 6.10 Å².